The molecule has 0 fully saturated rings. The van der Waals surface area contributed by atoms with E-state index in [2.05, 4.69) is 20.8 Å². The van der Waals surface area contributed by atoms with Gasteiger partial charge in [-0.1, -0.05) is 0 Å². The topological polar surface area (TPSA) is 54.4 Å². The van der Waals surface area contributed by atoms with Crippen LogP contribution in [-0.2, 0) is 10.2 Å². The Morgan fingerprint density at radius 1 is 0.630 bits per heavy atom. The molecule has 0 atom stereocenters. The summed E-state index contributed by atoms with van der Waals surface area (Å²) in [5, 5.41) is 9.80. The maximum absolute atomic E-state index is 13.5. The van der Waals surface area contributed by atoms with E-state index in [1.807, 2.05) is 27.7 Å². The van der Waals surface area contributed by atoms with E-state index in [9.17, 15) is 14.7 Å². The van der Waals surface area contributed by atoms with Crippen molar-refractivity contribution >= 4 is 11.8 Å². The minimum atomic E-state index is -1.06. The monoisotopic (exact) mass is 364 g/mol. The van der Waals surface area contributed by atoms with Gasteiger partial charge < -0.3 is 5.11 Å². The van der Waals surface area contributed by atoms with Crippen molar-refractivity contribution in [2.24, 2.45) is 0 Å². The molecular formula is C24H28O3. The lowest BCUT2D eigenvalue weighted by atomic mass is 9.75. The zero-order chi connectivity index (χ0) is 20.6. The van der Waals surface area contributed by atoms with Gasteiger partial charge in [-0.3, -0.25) is 9.59 Å². The number of fused-ring (bicyclic) bond motifs is 3. The average Bonchev–Trinajstić information content (AvgIpc) is 2.89. The van der Waals surface area contributed by atoms with Crippen LogP contribution in [0, 0.1) is 48.5 Å². The molecule has 3 nitrogen and oxygen atoms in total. The summed E-state index contributed by atoms with van der Waals surface area (Å²) in [6, 6.07) is 0. The Bertz CT molecular complexity index is 1050. The summed E-state index contributed by atoms with van der Waals surface area (Å²) in [5.74, 6) is -0.846. The number of carboxylic acids is 1. The van der Waals surface area contributed by atoms with Crippen molar-refractivity contribution < 1.29 is 14.7 Å². The summed E-state index contributed by atoms with van der Waals surface area (Å²) >= 11 is 0. The van der Waals surface area contributed by atoms with Gasteiger partial charge in [-0.15, -0.1) is 0 Å². The number of aliphatic carboxylic acids is 1. The fourth-order valence-electron chi connectivity index (χ4n) is 4.83. The third-order valence-electron chi connectivity index (χ3n) is 6.86. The van der Waals surface area contributed by atoms with Gasteiger partial charge in [0, 0.05) is 11.1 Å². The molecule has 3 heteroatoms. The molecule has 3 rings (SSSR count). The summed E-state index contributed by atoms with van der Waals surface area (Å²) in [7, 11) is 0. The second-order valence-corrected chi connectivity index (χ2v) is 8.51. The number of hydrogen-bond acceptors (Lipinski definition) is 2. The smallest absolute Gasteiger partial charge is 0.313 e. The molecular weight excluding hydrogens is 336 g/mol. The fraction of sp³-hybridized carbons (Fsp3) is 0.417. The zero-order valence-electron chi connectivity index (χ0n) is 17.8. The van der Waals surface area contributed by atoms with Crippen molar-refractivity contribution in [2.75, 3.05) is 0 Å². The number of carboxylic acid groups (broad SMARTS) is 1. The molecule has 0 saturated carbocycles. The third-order valence-corrected chi connectivity index (χ3v) is 6.86. The Hall–Kier alpha value is -2.42. The van der Waals surface area contributed by atoms with Crippen LogP contribution in [0.4, 0.5) is 0 Å². The largest absolute Gasteiger partial charge is 0.481 e. The molecule has 0 spiro atoms. The standard InChI is InChI=1S/C24H28O3/c1-10-11(2)13(4)19-17(12(10)3)18-14(5)15(6)21(24(8,9)23(26)27)16(7)20(18)22(19)25/h1-9H3,(H,26,27). The molecule has 2 aromatic carbocycles. The molecule has 142 valence electrons. The molecule has 27 heavy (non-hydrogen) atoms. The fourth-order valence-corrected chi connectivity index (χ4v) is 4.83. The Morgan fingerprint density at radius 3 is 1.44 bits per heavy atom. The average molecular weight is 364 g/mol. The first kappa shape index (κ1) is 19.3. The van der Waals surface area contributed by atoms with E-state index in [-0.39, 0.29) is 5.78 Å². The van der Waals surface area contributed by atoms with Crippen molar-refractivity contribution in [1.29, 1.82) is 0 Å². The summed E-state index contributed by atoms with van der Waals surface area (Å²) in [6.45, 7) is 17.6. The quantitative estimate of drug-likeness (QED) is 0.660. The van der Waals surface area contributed by atoms with Gasteiger partial charge in [0.1, 0.15) is 0 Å². The van der Waals surface area contributed by atoms with E-state index in [0.717, 1.165) is 55.6 Å². The Labute approximate surface area is 161 Å². The van der Waals surface area contributed by atoms with Crippen molar-refractivity contribution in [2.45, 2.75) is 67.7 Å². The lowest BCUT2D eigenvalue weighted by Crippen LogP contribution is -2.31. The Morgan fingerprint density at radius 2 is 1.00 bits per heavy atom. The highest BCUT2D eigenvalue weighted by Gasteiger charge is 2.40. The number of benzene rings is 2. The van der Waals surface area contributed by atoms with Crippen LogP contribution < -0.4 is 0 Å². The second-order valence-electron chi connectivity index (χ2n) is 8.51. The van der Waals surface area contributed by atoms with Crippen LogP contribution in [0.15, 0.2) is 0 Å². The lowest BCUT2D eigenvalue weighted by Gasteiger charge is -2.28. The van der Waals surface area contributed by atoms with Crippen LogP contribution in [0.3, 0.4) is 0 Å². The maximum atomic E-state index is 13.5. The molecule has 0 unspecified atom stereocenters. The summed E-state index contributed by atoms with van der Waals surface area (Å²) < 4.78 is 0. The van der Waals surface area contributed by atoms with Gasteiger partial charge in [0.05, 0.1) is 5.41 Å². The molecule has 0 radical (unpaired) electrons. The zero-order valence-corrected chi connectivity index (χ0v) is 17.8. The molecule has 1 aliphatic carbocycles. The van der Waals surface area contributed by atoms with E-state index < -0.39 is 11.4 Å². The van der Waals surface area contributed by atoms with Gasteiger partial charge in [-0.2, -0.15) is 0 Å². The van der Waals surface area contributed by atoms with Crippen LogP contribution in [0.5, 0.6) is 0 Å². The van der Waals surface area contributed by atoms with E-state index in [1.54, 1.807) is 13.8 Å². The van der Waals surface area contributed by atoms with Gasteiger partial charge >= 0.3 is 5.97 Å². The number of carbonyl (C=O) groups excluding carboxylic acids is 1. The Kier molecular flexibility index (Phi) is 4.15. The highest BCUT2D eigenvalue weighted by Crippen LogP contribution is 2.49. The van der Waals surface area contributed by atoms with Gasteiger partial charge in [0.2, 0.25) is 0 Å². The number of rotatable bonds is 2. The summed E-state index contributed by atoms with van der Waals surface area (Å²) in [4.78, 5) is 25.5. The summed E-state index contributed by atoms with van der Waals surface area (Å²) in [5.41, 5.74) is 10.6. The normalized spacial score (nSPS) is 13.0. The van der Waals surface area contributed by atoms with Gasteiger partial charge in [0.25, 0.3) is 0 Å². The van der Waals surface area contributed by atoms with Gasteiger partial charge in [-0.05, 0) is 118 Å². The molecule has 1 N–H and O–H groups in total. The Balaban J connectivity index is 2.53. The highest BCUT2D eigenvalue weighted by molar-refractivity contribution is 6.25. The van der Waals surface area contributed by atoms with E-state index in [0.29, 0.717) is 5.56 Å². The van der Waals surface area contributed by atoms with Crippen LogP contribution in [0.1, 0.15) is 74.3 Å². The summed E-state index contributed by atoms with van der Waals surface area (Å²) in [6.07, 6.45) is 0. The molecule has 0 amide bonds. The van der Waals surface area contributed by atoms with E-state index in [4.69, 9.17) is 0 Å². The SMILES string of the molecule is Cc1c(C)c(C)c2c(c1C)C(=O)c1c(C)c(C(C)(C)C(=O)O)c(C)c(C)c1-2. The first-order valence-electron chi connectivity index (χ1n) is 9.38. The van der Waals surface area contributed by atoms with Crippen molar-refractivity contribution in [3.05, 3.63) is 55.6 Å². The van der Waals surface area contributed by atoms with E-state index in [1.165, 1.54) is 5.56 Å². The minimum Gasteiger partial charge on any atom is -0.481 e. The molecule has 0 heterocycles. The molecule has 1 aliphatic rings. The van der Waals surface area contributed by atoms with Crippen molar-refractivity contribution in [3.63, 3.8) is 0 Å². The van der Waals surface area contributed by atoms with Crippen molar-refractivity contribution in [3.8, 4) is 11.1 Å². The number of hydrogen-bond donors (Lipinski definition) is 1. The molecule has 0 saturated heterocycles. The third kappa shape index (κ3) is 2.27. The predicted molar refractivity (Wildman–Crippen MR) is 109 cm³/mol. The number of carbonyl (C=O) groups is 2. The van der Waals surface area contributed by atoms with Crippen molar-refractivity contribution in [1.82, 2.24) is 0 Å². The first-order chi connectivity index (χ1) is 12.4. The first-order valence-corrected chi connectivity index (χ1v) is 9.38. The van der Waals surface area contributed by atoms with Crippen LogP contribution in [-0.4, -0.2) is 16.9 Å². The highest BCUT2D eigenvalue weighted by atomic mass is 16.4. The molecule has 0 bridgehead atoms. The predicted octanol–water partition coefficient (Wildman–Crippen LogP) is 5.42. The maximum Gasteiger partial charge on any atom is 0.313 e. The van der Waals surface area contributed by atoms with Crippen LogP contribution >= 0.6 is 0 Å². The molecule has 0 aromatic heterocycles. The molecule has 2 aromatic rings. The van der Waals surface area contributed by atoms with Gasteiger partial charge in [-0.25, -0.2) is 0 Å². The second kappa shape index (κ2) is 5.79. The van der Waals surface area contributed by atoms with Gasteiger partial charge in [0.15, 0.2) is 5.78 Å². The van der Waals surface area contributed by atoms with E-state index >= 15 is 0 Å². The minimum absolute atomic E-state index is 0.0340. The molecule has 0 aliphatic heterocycles. The number of ketones is 1. The lowest BCUT2D eigenvalue weighted by molar-refractivity contribution is -0.142. The van der Waals surface area contributed by atoms with Crippen LogP contribution in [0.2, 0.25) is 0 Å². The van der Waals surface area contributed by atoms with Crippen LogP contribution in [0.25, 0.3) is 11.1 Å².